The van der Waals surface area contributed by atoms with E-state index in [0.717, 1.165) is 72.1 Å². The topological polar surface area (TPSA) is 29.5 Å². The van der Waals surface area contributed by atoms with E-state index in [-0.39, 0.29) is 0 Å². The number of rotatable bonds is 6. The summed E-state index contributed by atoms with van der Waals surface area (Å²) >= 11 is 0. The summed E-state index contributed by atoms with van der Waals surface area (Å²) < 4.78 is 13.0. The van der Waals surface area contributed by atoms with E-state index in [0.29, 0.717) is 0 Å². The molecule has 0 saturated heterocycles. The van der Waals surface area contributed by atoms with Crippen LogP contribution in [0.2, 0.25) is 0 Å². The quantitative estimate of drug-likeness (QED) is 0.179. The van der Waals surface area contributed by atoms with Gasteiger partial charge in [0.05, 0.1) is 11.4 Å². The van der Waals surface area contributed by atoms with Crippen molar-refractivity contribution in [1.29, 1.82) is 0 Å². The van der Waals surface area contributed by atoms with Crippen LogP contribution in [0.3, 0.4) is 0 Å². The fourth-order valence-corrected chi connectivity index (χ4v) is 7.38. The Balaban J connectivity index is 1.14. The van der Waals surface area contributed by atoms with Crippen LogP contribution in [-0.4, -0.2) is 0 Å². The minimum atomic E-state index is 0.843. The number of hydrogen-bond acceptors (Lipinski definition) is 3. The highest BCUT2D eigenvalue weighted by molar-refractivity contribution is 6.11. The Bertz CT molecular complexity index is 2790. The second-order valence-corrected chi connectivity index (χ2v) is 12.9. The molecule has 8 aromatic carbocycles. The Labute approximate surface area is 295 Å². The van der Waals surface area contributed by atoms with Gasteiger partial charge in [-0.05, 0) is 94.0 Å². The fourth-order valence-electron chi connectivity index (χ4n) is 7.38. The zero-order chi connectivity index (χ0) is 33.7. The molecule has 2 heterocycles. The average molecular weight is 654 g/mol. The summed E-state index contributed by atoms with van der Waals surface area (Å²) in [4.78, 5) is 2.27. The number of benzene rings is 8. The molecule has 0 atom stereocenters. The van der Waals surface area contributed by atoms with Gasteiger partial charge in [-0.3, -0.25) is 0 Å². The van der Waals surface area contributed by atoms with Crippen molar-refractivity contribution in [2.75, 3.05) is 4.90 Å². The maximum absolute atomic E-state index is 6.58. The van der Waals surface area contributed by atoms with Crippen molar-refractivity contribution >= 4 is 60.9 Å². The molecule has 240 valence electrons. The van der Waals surface area contributed by atoms with Gasteiger partial charge in [0.2, 0.25) is 0 Å². The highest BCUT2D eigenvalue weighted by atomic mass is 16.3. The summed E-state index contributed by atoms with van der Waals surface area (Å²) in [5, 5.41) is 4.40. The van der Waals surface area contributed by atoms with Gasteiger partial charge in [-0.2, -0.15) is 0 Å². The van der Waals surface area contributed by atoms with Crippen molar-refractivity contribution in [3.63, 3.8) is 0 Å². The molecule has 0 aliphatic carbocycles. The number of hydrogen-bond donors (Lipinski definition) is 0. The highest BCUT2D eigenvalue weighted by Gasteiger charge is 2.21. The van der Waals surface area contributed by atoms with E-state index in [1.165, 1.54) is 22.3 Å². The first-order chi connectivity index (χ1) is 25.3. The van der Waals surface area contributed by atoms with Crippen LogP contribution >= 0.6 is 0 Å². The van der Waals surface area contributed by atoms with Crippen LogP contribution in [0.15, 0.2) is 197 Å². The van der Waals surface area contributed by atoms with Crippen LogP contribution in [0.1, 0.15) is 0 Å². The van der Waals surface area contributed by atoms with Crippen LogP contribution in [0, 0.1) is 0 Å². The SMILES string of the molecule is c1ccc(-c2cc(-c3ccccc3)cc(-c3ccc(N(c4ccc5c(c4)oc4ccccc45)c4cccc5c4oc4ccccc45)cc3)c2)cc1. The summed E-state index contributed by atoms with van der Waals surface area (Å²) in [7, 11) is 0. The monoisotopic (exact) mass is 653 g/mol. The van der Waals surface area contributed by atoms with Gasteiger partial charge < -0.3 is 13.7 Å². The Morgan fingerprint density at radius 2 is 0.784 bits per heavy atom. The molecule has 51 heavy (non-hydrogen) atoms. The fraction of sp³-hybridized carbons (Fsp3) is 0. The van der Waals surface area contributed by atoms with Crippen LogP contribution < -0.4 is 4.90 Å². The molecular formula is C48H31NO2. The van der Waals surface area contributed by atoms with Crippen LogP contribution in [0.4, 0.5) is 17.1 Å². The maximum atomic E-state index is 6.58. The lowest BCUT2D eigenvalue weighted by Crippen LogP contribution is -2.10. The molecule has 0 N–H and O–H groups in total. The number of fused-ring (bicyclic) bond motifs is 6. The third-order valence-corrected chi connectivity index (χ3v) is 9.85. The minimum Gasteiger partial charge on any atom is -0.456 e. The van der Waals surface area contributed by atoms with Gasteiger partial charge in [0.15, 0.2) is 5.58 Å². The van der Waals surface area contributed by atoms with Crippen molar-refractivity contribution < 1.29 is 8.83 Å². The Morgan fingerprint density at radius 3 is 1.43 bits per heavy atom. The molecule has 0 aliphatic rings. The van der Waals surface area contributed by atoms with Gasteiger partial charge >= 0.3 is 0 Å². The van der Waals surface area contributed by atoms with Crippen molar-refractivity contribution in [1.82, 2.24) is 0 Å². The molecule has 0 spiro atoms. The van der Waals surface area contributed by atoms with Gasteiger partial charge in [-0.25, -0.2) is 0 Å². The standard InChI is InChI=1S/C48H31NO2/c1-3-12-32(13-4-1)35-28-36(33-14-5-2-6-15-33)30-37(29-35)34-22-24-38(25-23-34)49(39-26-27-42-40-16-7-9-20-45(40)50-47(42)31-39)44-19-11-18-43-41-17-8-10-21-46(41)51-48(43)44/h1-31H. The number of furan rings is 2. The third-order valence-electron chi connectivity index (χ3n) is 9.85. The molecule has 10 rings (SSSR count). The molecule has 0 bridgehead atoms. The van der Waals surface area contributed by atoms with Crippen molar-refractivity contribution in [2.45, 2.75) is 0 Å². The van der Waals surface area contributed by atoms with Crippen molar-refractivity contribution in [3.8, 4) is 33.4 Å². The molecule has 0 radical (unpaired) electrons. The Morgan fingerprint density at radius 1 is 0.294 bits per heavy atom. The molecule has 0 amide bonds. The van der Waals surface area contributed by atoms with Crippen LogP contribution in [0.5, 0.6) is 0 Å². The predicted molar refractivity (Wildman–Crippen MR) is 212 cm³/mol. The number of nitrogens with zero attached hydrogens (tertiary/aromatic N) is 1. The van der Waals surface area contributed by atoms with Crippen LogP contribution in [-0.2, 0) is 0 Å². The highest BCUT2D eigenvalue weighted by Crippen LogP contribution is 2.44. The molecule has 0 fully saturated rings. The van der Waals surface area contributed by atoms with Gasteiger partial charge in [0.1, 0.15) is 16.7 Å². The van der Waals surface area contributed by atoms with Gasteiger partial charge in [-0.1, -0.05) is 121 Å². The number of anilines is 3. The minimum absolute atomic E-state index is 0.843. The first kappa shape index (κ1) is 29.1. The van der Waals surface area contributed by atoms with Gasteiger partial charge in [0.25, 0.3) is 0 Å². The lowest BCUT2D eigenvalue weighted by atomic mass is 9.93. The molecule has 0 aliphatic heterocycles. The second kappa shape index (κ2) is 11.9. The van der Waals surface area contributed by atoms with E-state index < -0.39 is 0 Å². The Kier molecular flexibility index (Phi) is 6.81. The largest absolute Gasteiger partial charge is 0.456 e. The van der Waals surface area contributed by atoms with Crippen LogP contribution in [0.25, 0.3) is 77.3 Å². The predicted octanol–water partition coefficient (Wildman–Crippen LogP) is 14.0. The third kappa shape index (κ3) is 5.06. The molecule has 0 saturated carbocycles. The van der Waals surface area contributed by atoms with E-state index in [1.54, 1.807) is 0 Å². The maximum Gasteiger partial charge on any atom is 0.159 e. The first-order valence-electron chi connectivity index (χ1n) is 17.2. The van der Waals surface area contributed by atoms with E-state index in [1.807, 2.05) is 24.3 Å². The normalized spacial score (nSPS) is 11.5. The van der Waals surface area contributed by atoms with Gasteiger partial charge in [-0.15, -0.1) is 0 Å². The lowest BCUT2D eigenvalue weighted by molar-refractivity contribution is 0.667. The van der Waals surface area contributed by atoms with E-state index in [9.17, 15) is 0 Å². The zero-order valence-electron chi connectivity index (χ0n) is 27.7. The molecule has 2 aromatic heterocycles. The Hall–Kier alpha value is -6.84. The summed E-state index contributed by atoms with van der Waals surface area (Å²) in [6.45, 7) is 0. The molecule has 10 aromatic rings. The van der Waals surface area contributed by atoms with Crippen molar-refractivity contribution in [3.05, 3.63) is 188 Å². The average Bonchev–Trinajstić information content (AvgIpc) is 3.77. The second-order valence-electron chi connectivity index (χ2n) is 12.9. The first-order valence-corrected chi connectivity index (χ1v) is 17.2. The smallest absolute Gasteiger partial charge is 0.159 e. The summed E-state index contributed by atoms with van der Waals surface area (Å²) in [5.41, 5.74) is 13.5. The molecule has 3 heteroatoms. The summed E-state index contributed by atoms with van der Waals surface area (Å²) in [6.07, 6.45) is 0. The number of para-hydroxylation sites is 3. The van der Waals surface area contributed by atoms with Crippen molar-refractivity contribution in [2.24, 2.45) is 0 Å². The molecular weight excluding hydrogens is 623 g/mol. The summed E-state index contributed by atoms with van der Waals surface area (Å²) in [6, 6.07) is 66.2. The van der Waals surface area contributed by atoms with E-state index in [4.69, 9.17) is 8.83 Å². The molecule has 0 unspecified atom stereocenters. The van der Waals surface area contributed by atoms with Gasteiger partial charge in [0, 0.05) is 33.3 Å². The van der Waals surface area contributed by atoms with E-state index >= 15 is 0 Å². The summed E-state index contributed by atoms with van der Waals surface area (Å²) in [5.74, 6) is 0. The molecule has 3 nitrogen and oxygen atoms in total. The van der Waals surface area contributed by atoms with E-state index in [2.05, 4.69) is 169 Å². The lowest BCUT2D eigenvalue weighted by Gasteiger charge is -2.25. The zero-order valence-corrected chi connectivity index (χ0v) is 27.7.